The quantitative estimate of drug-likeness (QED) is 0.585. The zero-order valence-corrected chi connectivity index (χ0v) is 12.9. The van der Waals surface area contributed by atoms with Crippen LogP contribution in [-0.2, 0) is 0 Å². The standard InChI is InChI=1S/C18H19N3O2/c1-11(22)12-3-2-4-15(9-12)20-17-8-5-13(10-16(17)19)18(23)21-14-6-7-14/h2-5,8-10,14,20H,6-7,19H2,1H3,(H,21,23). The third-order valence-electron chi connectivity index (χ3n) is 3.77. The molecule has 0 unspecified atom stereocenters. The van der Waals surface area contributed by atoms with E-state index < -0.39 is 0 Å². The van der Waals surface area contributed by atoms with Crippen LogP contribution in [0.25, 0.3) is 0 Å². The lowest BCUT2D eigenvalue weighted by molar-refractivity contribution is 0.0950. The highest BCUT2D eigenvalue weighted by molar-refractivity contribution is 5.97. The van der Waals surface area contributed by atoms with Gasteiger partial charge in [-0.3, -0.25) is 9.59 Å². The van der Waals surface area contributed by atoms with E-state index in [0.29, 0.717) is 28.5 Å². The fourth-order valence-corrected chi connectivity index (χ4v) is 2.29. The van der Waals surface area contributed by atoms with Crippen molar-refractivity contribution in [3.05, 3.63) is 53.6 Å². The van der Waals surface area contributed by atoms with Crippen LogP contribution in [0, 0.1) is 0 Å². The third-order valence-corrected chi connectivity index (χ3v) is 3.77. The summed E-state index contributed by atoms with van der Waals surface area (Å²) < 4.78 is 0. The maximum absolute atomic E-state index is 12.0. The first-order valence-corrected chi connectivity index (χ1v) is 7.61. The zero-order valence-electron chi connectivity index (χ0n) is 12.9. The van der Waals surface area contributed by atoms with Crippen molar-refractivity contribution in [2.75, 3.05) is 11.1 Å². The van der Waals surface area contributed by atoms with Gasteiger partial charge in [-0.1, -0.05) is 12.1 Å². The molecule has 0 atom stereocenters. The molecule has 0 radical (unpaired) electrons. The predicted molar refractivity (Wildman–Crippen MR) is 91.1 cm³/mol. The summed E-state index contributed by atoms with van der Waals surface area (Å²) >= 11 is 0. The summed E-state index contributed by atoms with van der Waals surface area (Å²) in [5.74, 6) is -0.0851. The second-order valence-corrected chi connectivity index (χ2v) is 5.81. The van der Waals surface area contributed by atoms with Crippen LogP contribution in [0.5, 0.6) is 0 Å². The second kappa shape index (κ2) is 6.12. The molecule has 5 heteroatoms. The minimum absolute atomic E-state index is 0.00807. The lowest BCUT2D eigenvalue weighted by atomic mass is 10.1. The smallest absolute Gasteiger partial charge is 0.251 e. The average Bonchev–Trinajstić information content (AvgIpc) is 3.33. The van der Waals surface area contributed by atoms with Gasteiger partial charge >= 0.3 is 0 Å². The van der Waals surface area contributed by atoms with Crippen LogP contribution < -0.4 is 16.4 Å². The number of ketones is 1. The van der Waals surface area contributed by atoms with Gasteiger partial charge in [0.2, 0.25) is 0 Å². The monoisotopic (exact) mass is 309 g/mol. The van der Waals surface area contributed by atoms with E-state index in [1.165, 1.54) is 6.92 Å². The number of benzene rings is 2. The number of anilines is 3. The summed E-state index contributed by atoms with van der Waals surface area (Å²) in [6.45, 7) is 1.53. The van der Waals surface area contributed by atoms with Gasteiger partial charge in [-0.2, -0.15) is 0 Å². The van der Waals surface area contributed by atoms with Crippen LogP contribution in [0.3, 0.4) is 0 Å². The Morgan fingerprint density at radius 2 is 1.87 bits per heavy atom. The number of carbonyl (C=O) groups is 2. The molecule has 0 saturated heterocycles. The minimum Gasteiger partial charge on any atom is -0.397 e. The number of hydrogen-bond donors (Lipinski definition) is 3. The minimum atomic E-state index is -0.0932. The van der Waals surface area contributed by atoms with Crippen molar-refractivity contribution in [3.63, 3.8) is 0 Å². The maximum atomic E-state index is 12.0. The van der Waals surface area contributed by atoms with Crippen molar-refractivity contribution in [1.29, 1.82) is 0 Å². The molecule has 2 aromatic rings. The number of nitrogens with one attached hydrogen (secondary N) is 2. The van der Waals surface area contributed by atoms with Crippen LogP contribution in [-0.4, -0.2) is 17.7 Å². The Labute approximate surface area is 134 Å². The summed E-state index contributed by atoms with van der Waals surface area (Å²) in [4.78, 5) is 23.4. The van der Waals surface area contributed by atoms with Crippen LogP contribution in [0.4, 0.5) is 17.1 Å². The molecular weight excluding hydrogens is 290 g/mol. The average molecular weight is 309 g/mol. The van der Waals surface area contributed by atoms with E-state index in [2.05, 4.69) is 10.6 Å². The molecule has 1 aliphatic carbocycles. The third kappa shape index (κ3) is 3.69. The van der Waals surface area contributed by atoms with Crippen molar-refractivity contribution in [2.45, 2.75) is 25.8 Å². The van der Waals surface area contributed by atoms with Crippen molar-refractivity contribution in [1.82, 2.24) is 5.32 Å². The van der Waals surface area contributed by atoms with E-state index in [-0.39, 0.29) is 11.7 Å². The van der Waals surface area contributed by atoms with Crippen LogP contribution in [0.15, 0.2) is 42.5 Å². The van der Waals surface area contributed by atoms with Gasteiger partial charge in [-0.05, 0) is 50.1 Å². The Balaban J connectivity index is 1.76. The highest BCUT2D eigenvalue weighted by Gasteiger charge is 2.23. The summed E-state index contributed by atoms with van der Waals surface area (Å²) in [5.41, 5.74) is 9.20. The lowest BCUT2D eigenvalue weighted by Crippen LogP contribution is -2.25. The molecule has 0 aromatic heterocycles. The van der Waals surface area contributed by atoms with Crippen LogP contribution in [0.1, 0.15) is 40.5 Å². The molecule has 1 amide bonds. The zero-order chi connectivity index (χ0) is 16.4. The first kappa shape index (κ1) is 15.1. The largest absolute Gasteiger partial charge is 0.397 e. The van der Waals surface area contributed by atoms with Gasteiger partial charge in [0.05, 0.1) is 11.4 Å². The molecule has 5 nitrogen and oxygen atoms in total. The van der Waals surface area contributed by atoms with E-state index in [9.17, 15) is 9.59 Å². The number of nitrogen functional groups attached to an aromatic ring is 1. The Morgan fingerprint density at radius 3 is 2.52 bits per heavy atom. The highest BCUT2D eigenvalue weighted by Crippen LogP contribution is 2.26. The molecule has 23 heavy (non-hydrogen) atoms. The van der Waals surface area contributed by atoms with Gasteiger partial charge < -0.3 is 16.4 Å². The van der Waals surface area contributed by atoms with Gasteiger partial charge in [-0.25, -0.2) is 0 Å². The molecule has 0 spiro atoms. The second-order valence-electron chi connectivity index (χ2n) is 5.81. The highest BCUT2D eigenvalue weighted by atomic mass is 16.1. The fraction of sp³-hybridized carbons (Fsp3) is 0.222. The van der Waals surface area contributed by atoms with E-state index in [1.54, 1.807) is 30.3 Å². The summed E-state index contributed by atoms with van der Waals surface area (Å²) in [6.07, 6.45) is 2.10. The molecule has 1 fully saturated rings. The molecule has 1 saturated carbocycles. The van der Waals surface area contributed by atoms with Crippen LogP contribution in [0.2, 0.25) is 0 Å². The van der Waals surface area contributed by atoms with E-state index in [1.807, 2.05) is 12.1 Å². The molecule has 118 valence electrons. The number of Topliss-reactive ketones (excluding diaryl/α,β-unsaturated/α-hetero) is 1. The molecule has 4 N–H and O–H groups in total. The first-order valence-electron chi connectivity index (χ1n) is 7.61. The lowest BCUT2D eigenvalue weighted by Gasteiger charge is -2.12. The number of amides is 1. The molecule has 3 rings (SSSR count). The Bertz CT molecular complexity index is 767. The van der Waals surface area contributed by atoms with Crippen molar-refractivity contribution >= 4 is 28.8 Å². The van der Waals surface area contributed by atoms with E-state index in [4.69, 9.17) is 5.73 Å². The Morgan fingerprint density at radius 1 is 1.09 bits per heavy atom. The molecule has 0 heterocycles. The topological polar surface area (TPSA) is 84.2 Å². The number of carbonyl (C=O) groups excluding carboxylic acids is 2. The van der Waals surface area contributed by atoms with Crippen molar-refractivity contribution in [2.24, 2.45) is 0 Å². The normalized spacial score (nSPS) is 13.4. The maximum Gasteiger partial charge on any atom is 0.251 e. The molecular formula is C18H19N3O2. The SMILES string of the molecule is CC(=O)c1cccc(Nc2ccc(C(=O)NC3CC3)cc2N)c1. The Hall–Kier alpha value is -2.82. The van der Waals surface area contributed by atoms with E-state index >= 15 is 0 Å². The van der Waals surface area contributed by atoms with Crippen LogP contribution >= 0.6 is 0 Å². The number of nitrogens with two attached hydrogens (primary N) is 1. The van der Waals surface area contributed by atoms with Gasteiger partial charge in [0.25, 0.3) is 5.91 Å². The van der Waals surface area contributed by atoms with Gasteiger partial charge in [0, 0.05) is 22.9 Å². The van der Waals surface area contributed by atoms with Gasteiger partial charge in [0.15, 0.2) is 5.78 Å². The number of rotatable bonds is 5. The van der Waals surface area contributed by atoms with Crippen molar-refractivity contribution < 1.29 is 9.59 Å². The first-order chi connectivity index (χ1) is 11.0. The molecule has 0 aliphatic heterocycles. The predicted octanol–water partition coefficient (Wildman–Crippen LogP) is 3.11. The van der Waals surface area contributed by atoms with E-state index in [0.717, 1.165) is 18.5 Å². The summed E-state index contributed by atoms with van der Waals surface area (Å²) in [7, 11) is 0. The summed E-state index contributed by atoms with van der Waals surface area (Å²) in [6, 6.07) is 12.7. The fourth-order valence-electron chi connectivity index (χ4n) is 2.29. The van der Waals surface area contributed by atoms with Gasteiger partial charge in [-0.15, -0.1) is 0 Å². The van der Waals surface area contributed by atoms with Crippen molar-refractivity contribution in [3.8, 4) is 0 Å². The molecule has 2 aromatic carbocycles. The van der Waals surface area contributed by atoms with Gasteiger partial charge in [0.1, 0.15) is 0 Å². The Kier molecular flexibility index (Phi) is 4.02. The molecule has 1 aliphatic rings. The summed E-state index contributed by atoms with van der Waals surface area (Å²) in [5, 5.41) is 6.11. The number of hydrogen-bond acceptors (Lipinski definition) is 4. The molecule has 0 bridgehead atoms.